The van der Waals surface area contributed by atoms with Gasteiger partial charge >= 0.3 is 6.03 Å². The van der Waals surface area contributed by atoms with Crippen molar-refractivity contribution in [2.24, 2.45) is 5.92 Å². The van der Waals surface area contributed by atoms with Gasteiger partial charge in [0.25, 0.3) is 0 Å². The van der Waals surface area contributed by atoms with Crippen molar-refractivity contribution in [3.05, 3.63) is 23.8 Å². The molecule has 0 bridgehead atoms. The van der Waals surface area contributed by atoms with Crippen molar-refractivity contribution >= 4 is 29.2 Å². The van der Waals surface area contributed by atoms with Gasteiger partial charge in [-0.3, -0.25) is 9.59 Å². The molecule has 0 atom stereocenters. The Bertz CT molecular complexity index is 722. The van der Waals surface area contributed by atoms with Crippen LogP contribution in [0.5, 0.6) is 0 Å². The van der Waals surface area contributed by atoms with Crippen LogP contribution in [0.4, 0.5) is 16.2 Å². The number of piperidine rings is 1. The Morgan fingerprint density at radius 1 is 1.19 bits per heavy atom. The maximum Gasteiger partial charge on any atom is 0.319 e. The van der Waals surface area contributed by atoms with Gasteiger partial charge in [0, 0.05) is 49.9 Å². The summed E-state index contributed by atoms with van der Waals surface area (Å²) >= 11 is 0. The predicted octanol–water partition coefficient (Wildman–Crippen LogP) is 2.68. The van der Waals surface area contributed by atoms with Crippen LogP contribution in [0.1, 0.15) is 38.7 Å². The molecule has 1 aromatic rings. The summed E-state index contributed by atoms with van der Waals surface area (Å²) in [7, 11) is 0. The van der Waals surface area contributed by atoms with Crippen LogP contribution in [0, 0.1) is 5.92 Å². The van der Waals surface area contributed by atoms with Gasteiger partial charge in [0.1, 0.15) is 0 Å². The lowest BCUT2D eigenvalue weighted by atomic mass is 9.95. The Morgan fingerprint density at radius 2 is 1.89 bits per heavy atom. The van der Waals surface area contributed by atoms with Crippen molar-refractivity contribution in [2.75, 3.05) is 36.8 Å². The number of urea groups is 1. The average molecular weight is 372 g/mol. The molecule has 2 aliphatic rings. The smallest absolute Gasteiger partial charge is 0.319 e. The molecule has 27 heavy (non-hydrogen) atoms. The molecule has 1 fully saturated rings. The van der Waals surface area contributed by atoms with E-state index in [1.165, 1.54) is 0 Å². The molecule has 2 heterocycles. The van der Waals surface area contributed by atoms with E-state index in [1.54, 1.807) is 0 Å². The largest absolute Gasteiger partial charge is 0.326 e. The number of benzene rings is 1. The van der Waals surface area contributed by atoms with Crippen molar-refractivity contribution in [1.29, 1.82) is 0 Å². The third-order valence-corrected chi connectivity index (χ3v) is 5.44. The molecular formula is C20H28N4O3. The molecule has 1 saturated heterocycles. The van der Waals surface area contributed by atoms with Gasteiger partial charge in [-0.15, -0.1) is 0 Å². The maximum absolute atomic E-state index is 12.6. The third kappa shape index (κ3) is 4.40. The molecule has 4 amide bonds. The fraction of sp³-hybridized carbons (Fsp3) is 0.550. The molecule has 2 N–H and O–H groups in total. The zero-order valence-corrected chi connectivity index (χ0v) is 16.1. The summed E-state index contributed by atoms with van der Waals surface area (Å²) in [6.45, 7) is 6.59. The summed E-state index contributed by atoms with van der Waals surface area (Å²) in [6, 6.07) is 5.66. The van der Waals surface area contributed by atoms with Gasteiger partial charge in [-0.1, -0.05) is 0 Å². The number of carbonyl (C=O) groups is 3. The van der Waals surface area contributed by atoms with Crippen molar-refractivity contribution < 1.29 is 14.4 Å². The van der Waals surface area contributed by atoms with Crippen LogP contribution in [0.25, 0.3) is 0 Å². The second kappa shape index (κ2) is 8.41. The molecule has 0 aliphatic carbocycles. The lowest BCUT2D eigenvalue weighted by Crippen LogP contribution is -2.47. The van der Waals surface area contributed by atoms with E-state index in [4.69, 9.17) is 0 Å². The molecule has 0 radical (unpaired) electrons. The summed E-state index contributed by atoms with van der Waals surface area (Å²) in [6.07, 6.45) is 2.53. The van der Waals surface area contributed by atoms with Crippen LogP contribution < -0.4 is 10.6 Å². The minimum Gasteiger partial charge on any atom is -0.326 e. The number of aryl methyl sites for hydroxylation is 1. The number of nitrogens with zero attached hydrogens (tertiary/aromatic N) is 2. The van der Waals surface area contributed by atoms with Gasteiger partial charge in [0.15, 0.2) is 0 Å². The van der Waals surface area contributed by atoms with Crippen LogP contribution in [0.3, 0.4) is 0 Å². The fourth-order valence-corrected chi connectivity index (χ4v) is 3.73. The maximum atomic E-state index is 12.6. The Kier molecular flexibility index (Phi) is 5.98. The lowest BCUT2D eigenvalue weighted by Gasteiger charge is -2.34. The number of amides is 4. The standard InChI is InChI=1S/C20H28N4O3/c1-3-23(4-2)20(27)24-11-9-14(10-12-24)19(26)21-16-6-7-17-15(13-16)5-8-18(25)22-17/h6-7,13-14H,3-5,8-12H2,1-2H3,(H,21,26)(H,22,25). The molecule has 0 spiro atoms. The summed E-state index contributed by atoms with van der Waals surface area (Å²) in [4.78, 5) is 40.1. The first kappa shape index (κ1) is 19.2. The van der Waals surface area contributed by atoms with Crippen molar-refractivity contribution in [3.63, 3.8) is 0 Å². The molecule has 2 aliphatic heterocycles. The minimum absolute atomic E-state index is 0.00438. The molecule has 3 rings (SSSR count). The molecule has 146 valence electrons. The van der Waals surface area contributed by atoms with E-state index in [-0.39, 0.29) is 23.8 Å². The van der Waals surface area contributed by atoms with Crippen LogP contribution in [-0.4, -0.2) is 53.8 Å². The molecule has 0 unspecified atom stereocenters. The van der Waals surface area contributed by atoms with Gasteiger partial charge in [0.2, 0.25) is 11.8 Å². The molecular weight excluding hydrogens is 344 g/mol. The predicted molar refractivity (Wildman–Crippen MR) is 105 cm³/mol. The Morgan fingerprint density at radius 3 is 2.56 bits per heavy atom. The van der Waals surface area contributed by atoms with E-state index < -0.39 is 0 Å². The number of anilines is 2. The lowest BCUT2D eigenvalue weighted by molar-refractivity contribution is -0.121. The van der Waals surface area contributed by atoms with Crippen molar-refractivity contribution in [1.82, 2.24) is 9.80 Å². The molecule has 7 nitrogen and oxygen atoms in total. The molecule has 0 aromatic heterocycles. The number of fused-ring (bicyclic) bond motifs is 1. The summed E-state index contributed by atoms with van der Waals surface area (Å²) in [5, 5.41) is 5.84. The van der Waals surface area contributed by atoms with E-state index in [9.17, 15) is 14.4 Å². The molecule has 0 saturated carbocycles. The molecule has 7 heteroatoms. The summed E-state index contributed by atoms with van der Waals surface area (Å²) in [5.74, 6) is -0.0449. The van der Waals surface area contributed by atoms with Crippen LogP contribution >= 0.6 is 0 Å². The Balaban J connectivity index is 1.54. The Labute approximate surface area is 160 Å². The second-order valence-corrected chi connectivity index (χ2v) is 7.13. The number of carbonyl (C=O) groups excluding carboxylic acids is 3. The Hall–Kier alpha value is -2.57. The van der Waals surface area contributed by atoms with Crippen LogP contribution in [0.15, 0.2) is 18.2 Å². The van der Waals surface area contributed by atoms with E-state index in [1.807, 2.05) is 41.8 Å². The summed E-state index contributed by atoms with van der Waals surface area (Å²) < 4.78 is 0. The van der Waals surface area contributed by atoms with E-state index in [0.717, 1.165) is 16.9 Å². The van der Waals surface area contributed by atoms with Crippen LogP contribution in [0.2, 0.25) is 0 Å². The average Bonchev–Trinajstić information content (AvgIpc) is 2.69. The first-order valence-corrected chi connectivity index (χ1v) is 9.79. The van der Waals surface area contributed by atoms with Gasteiger partial charge in [-0.05, 0) is 56.9 Å². The number of hydrogen-bond donors (Lipinski definition) is 2. The monoisotopic (exact) mass is 372 g/mol. The fourth-order valence-electron chi connectivity index (χ4n) is 3.73. The normalized spacial score (nSPS) is 17.1. The zero-order chi connectivity index (χ0) is 19.4. The minimum atomic E-state index is -0.0820. The van der Waals surface area contributed by atoms with E-state index in [2.05, 4.69) is 10.6 Å². The highest BCUT2D eigenvalue weighted by molar-refractivity contribution is 5.96. The van der Waals surface area contributed by atoms with Crippen molar-refractivity contribution in [3.8, 4) is 0 Å². The SMILES string of the molecule is CCN(CC)C(=O)N1CCC(C(=O)Nc2ccc3c(c2)CCC(=O)N3)CC1. The quantitative estimate of drug-likeness (QED) is 0.853. The highest BCUT2D eigenvalue weighted by Gasteiger charge is 2.29. The van der Waals surface area contributed by atoms with Crippen molar-refractivity contribution in [2.45, 2.75) is 39.5 Å². The first-order valence-electron chi connectivity index (χ1n) is 9.79. The number of nitrogens with one attached hydrogen (secondary N) is 2. The van der Waals surface area contributed by atoms with Gasteiger partial charge < -0.3 is 20.4 Å². The molecule has 1 aromatic carbocycles. The topological polar surface area (TPSA) is 81.8 Å². The number of rotatable bonds is 4. The van der Waals surface area contributed by atoms with Crippen LogP contribution in [-0.2, 0) is 16.0 Å². The number of hydrogen-bond acceptors (Lipinski definition) is 3. The number of likely N-dealkylation sites (tertiary alicyclic amines) is 1. The second-order valence-electron chi connectivity index (χ2n) is 7.13. The van der Waals surface area contributed by atoms with Gasteiger partial charge in [0.05, 0.1) is 0 Å². The highest BCUT2D eigenvalue weighted by atomic mass is 16.2. The van der Waals surface area contributed by atoms with Gasteiger partial charge in [-0.2, -0.15) is 0 Å². The van der Waals surface area contributed by atoms with E-state index >= 15 is 0 Å². The summed E-state index contributed by atoms with van der Waals surface area (Å²) in [5.41, 5.74) is 2.64. The highest BCUT2D eigenvalue weighted by Crippen LogP contribution is 2.27. The zero-order valence-electron chi connectivity index (χ0n) is 16.1. The van der Waals surface area contributed by atoms with E-state index in [0.29, 0.717) is 51.9 Å². The van der Waals surface area contributed by atoms with Gasteiger partial charge in [-0.25, -0.2) is 4.79 Å². The first-order chi connectivity index (χ1) is 13.0. The third-order valence-electron chi connectivity index (χ3n) is 5.44.